The summed E-state index contributed by atoms with van der Waals surface area (Å²) in [5.74, 6) is -1.60. The van der Waals surface area contributed by atoms with Gasteiger partial charge in [0.15, 0.2) is 0 Å². The zero-order valence-corrected chi connectivity index (χ0v) is 12.1. The van der Waals surface area contributed by atoms with Gasteiger partial charge in [0, 0.05) is 23.9 Å². The Morgan fingerprint density at radius 3 is 2.58 bits per heavy atom. The van der Waals surface area contributed by atoms with Gasteiger partial charge in [0.25, 0.3) is 0 Å². The molecule has 19 heavy (non-hydrogen) atoms. The molecule has 1 aromatic carbocycles. The van der Waals surface area contributed by atoms with Gasteiger partial charge in [0.2, 0.25) is 0 Å². The van der Waals surface area contributed by atoms with Crippen LogP contribution >= 0.6 is 15.9 Å². The molecule has 0 radical (unpaired) electrons. The third kappa shape index (κ3) is 3.39. The molecule has 1 saturated carbocycles. The summed E-state index contributed by atoms with van der Waals surface area (Å²) in [6.07, 6.45) is 3.60. The predicted octanol–water partition coefficient (Wildman–Crippen LogP) is 3.50. The van der Waals surface area contributed by atoms with Crippen LogP contribution in [0.1, 0.15) is 37.7 Å². The SMILES string of the molecule is NC1(CC(=O)Cc2c(F)ccc(Br)c2F)CCCC1. The summed E-state index contributed by atoms with van der Waals surface area (Å²) in [7, 11) is 0. The van der Waals surface area contributed by atoms with Gasteiger partial charge in [0.05, 0.1) is 4.47 Å². The molecule has 0 aliphatic heterocycles. The van der Waals surface area contributed by atoms with Crippen LogP contribution in [0.2, 0.25) is 0 Å². The quantitative estimate of drug-likeness (QED) is 0.858. The number of nitrogens with two attached hydrogens (primary N) is 1. The number of hydrogen-bond donors (Lipinski definition) is 1. The van der Waals surface area contributed by atoms with Crippen molar-refractivity contribution < 1.29 is 13.6 Å². The Morgan fingerprint density at radius 1 is 1.32 bits per heavy atom. The van der Waals surface area contributed by atoms with E-state index >= 15 is 0 Å². The number of hydrogen-bond acceptors (Lipinski definition) is 2. The van der Waals surface area contributed by atoms with Crippen molar-refractivity contribution in [1.29, 1.82) is 0 Å². The van der Waals surface area contributed by atoms with Gasteiger partial charge >= 0.3 is 0 Å². The average Bonchev–Trinajstić information content (AvgIpc) is 2.76. The second-order valence-electron chi connectivity index (χ2n) is 5.28. The third-order valence-electron chi connectivity index (χ3n) is 3.66. The molecule has 2 rings (SSSR count). The maximum atomic E-state index is 13.8. The van der Waals surface area contributed by atoms with E-state index in [1.54, 1.807) is 0 Å². The standard InChI is InChI=1S/C14H16BrF2NO/c15-11-3-4-12(16)10(13(11)17)7-9(19)8-14(18)5-1-2-6-14/h3-4H,1-2,5-8,18H2. The molecular weight excluding hydrogens is 316 g/mol. The summed E-state index contributed by atoms with van der Waals surface area (Å²) < 4.78 is 27.5. The molecule has 1 fully saturated rings. The van der Waals surface area contributed by atoms with Gasteiger partial charge in [-0.3, -0.25) is 4.79 Å². The minimum atomic E-state index is -0.703. The number of carbonyl (C=O) groups excluding carboxylic acids is 1. The number of halogens is 3. The van der Waals surface area contributed by atoms with Crippen molar-refractivity contribution in [3.05, 3.63) is 33.8 Å². The molecule has 0 spiro atoms. The molecule has 2 nitrogen and oxygen atoms in total. The van der Waals surface area contributed by atoms with E-state index in [4.69, 9.17) is 5.73 Å². The number of benzene rings is 1. The minimum absolute atomic E-state index is 0.167. The molecule has 0 bridgehead atoms. The second-order valence-corrected chi connectivity index (χ2v) is 6.14. The first-order valence-corrected chi connectivity index (χ1v) is 7.13. The summed E-state index contributed by atoms with van der Waals surface area (Å²) in [6, 6.07) is 2.45. The fourth-order valence-electron chi connectivity index (χ4n) is 2.64. The van der Waals surface area contributed by atoms with Crippen LogP contribution in [0, 0.1) is 11.6 Å². The zero-order chi connectivity index (χ0) is 14.0. The van der Waals surface area contributed by atoms with Crippen molar-refractivity contribution >= 4 is 21.7 Å². The van der Waals surface area contributed by atoms with Crippen LogP contribution in [0.3, 0.4) is 0 Å². The highest BCUT2D eigenvalue weighted by molar-refractivity contribution is 9.10. The van der Waals surface area contributed by atoms with E-state index in [1.165, 1.54) is 6.07 Å². The zero-order valence-electron chi connectivity index (χ0n) is 10.5. The van der Waals surface area contributed by atoms with Crippen LogP contribution in [0.25, 0.3) is 0 Å². The lowest BCUT2D eigenvalue weighted by atomic mass is 9.90. The molecule has 0 saturated heterocycles. The fraction of sp³-hybridized carbons (Fsp3) is 0.500. The van der Waals surface area contributed by atoms with Crippen molar-refractivity contribution in [3.63, 3.8) is 0 Å². The molecule has 0 amide bonds. The summed E-state index contributed by atoms with van der Waals surface area (Å²) in [6.45, 7) is 0. The maximum absolute atomic E-state index is 13.8. The lowest BCUT2D eigenvalue weighted by Crippen LogP contribution is -2.39. The molecule has 5 heteroatoms. The minimum Gasteiger partial charge on any atom is -0.325 e. The van der Waals surface area contributed by atoms with E-state index in [-0.39, 0.29) is 28.7 Å². The Bertz CT molecular complexity index is 498. The van der Waals surface area contributed by atoms with Gasteiger partial charge < -0.3 is 5.73 Å². The van der Waals surface area contributed by atoms with Gasteiger partial charge in [-0.2, -0.15) is 0 Å². The van der Waals surface area contributed by atoms with E-state index in [0.29, 0.717) is 0 Å². The van der Waals surface area contributed by atoms with Crippen LogP contribution < -0.4 is 5.73 Å². The molecule has 0 atom stereocenters. The predicted molar refractivity (Wildman–Crippen MR) is 72.8 cm³/mol. The van der Waals surface area contributed by atoms with E-state index in [9.17, 15) is 13.6 Å². The van der Waals surface area contributed by atoms with Gasteiger partial charge in [-0.25, -0.2) is 8.78 Å². The highest BCUT2D eigenvalue weighted by Gasteiger charge is 2.32. The summed E-state index contributed by atoms with van der Waals surface area (Å²) >= 11 is 2.99. The molecule has 1 aromatic rings. The van der Waals surface area contributed by atoms with Crippen LogP contribution in [0.15, 0.2) is 16.6 Å². The van der Waals surface area contributed by atoms with Crippen molar-refractivity contribution in [2.45, 2.75) is 44.1 Å². The molecule has 0 aromatic heterocycles. The maximum Gasteiger partial charge on any atom is 0.143 e. The summed E-state index contributed by atoms with van der Waals surface area (Å²) in [4.78, 5) is 12.0. The Hall–Kier alpha value is -0.810. The van der Waals surface area contributed by atoms with E-state index in [1.807, 2.05) is 0 Å². The molecule has 0 unspecified atom stereocenters. The third-order valence-corrected chi connectivity index (χ3v) is 4.27. The molecule has 104 valence electrons. The topological polar surface area (TPSA) is 43.1 Å². The van der Waals surface area contributed by atoms with E-state index < -0.39 is 17.2 Å². The van der Waals surface area contributed by atoms with Gasteiger partial charge in [-0.1, -0.05) is 12.8 Å². The van der Waals surface area contributed by atoms with Crippen LogP contribution in [-0.4, -0.2) is 11.3 Å². The number of rotatable bonds is 4. The molecule has 1 aliphatic rings. The highest BCUT2D eigenvalue weighted by atomic mass is 79.9. The van der Waals surface area contributed by atoms with Crippen molar-refractivity contribution in [2.24, 2.45) is 5.73 Å². The van der Waals surface area contributed by atoms with Gasteiger partial charge in [-0.15, -0.1) is 0 Å². The van der Waals surface area contributed by atoms with E-state index in [2.05, 4.69) is 15.9 Å². The molecule has 0 heterocycles. The molecular formula is C14H16BrF2NO. The van der Waals surface area contributed by atoms with Crippen LogP contribution in [0.5, 0.6) is 0 Å². The Morgan fingerprint density at radius 2 is 1.95 bits per heavy atom. The van der Waals surface area contributed by atoms with Crippen LogP contribution in [0.4, 0.5) is 8.78 Å². The lowest BCUT2D eigenvalue weighted by Gasteiger charge is -2.22. The van der Waals surface area contributed by atoms with E-state index in [0.717, 1.165) is 31.7 Å². The Balaban J connectivity index is 2.09. The monoisotopic (exact) mass is 331 g/mol. The number of Topliss-reactive ketones (excluding diaryl/α,β-unsaturated/α-hetero) is 1. The van der Waals surface area contributed by atoms with Crippen molar-refractivity contribution in [3.8, 4) is 0 Å². The Kier molecular flexibility index (Phi) is 4.36. The highest BCUT2D eigenvalue weighted by Crippen LogP contribution is 2.31. The molecule has 2 N–H and O–H groups in total. The molecule has 1 aliphatic carbocycles. The van der Waals surface area contributed by atoms with Crippen molar-refractivity contribution in [1.82, 2.24) is 0 Å². The fourth-order valence-corrected chi connectivity index (χ4v) is 3.01. The summed E-state index contributed by atoms with van der Waals surface area (Å²) in [5, 5.41) is 0. The number of carbonyl (C=O) groups is 1. The largest absolute Gasteiger partial charge is 0.325 e. The first kappa shape index (κ1) is 14.6. The lowest BCUT2D eigenvalue weighted by molar-refractivity contribution is -0.119. The van der Waals surface area contributed by atoms with Crippen LogP contribution in [-0.2, 0) is 11.2 Å². The first-order chi connectivity index (χ1) is 8.91. The second kappa shape index (κ2) is 5.67. The van der Waals surface area contributed by atoms with Gasteiger partial charge in [0.1, 0.15) is 17.4 Å². The Labute approximate surface area is 119 Å². The average molecular weight is 332 g/mol. The smallest absolute Gasteiger partial charge is 0.143 e. The first-order valence-electron chi connectivity index (χ1n) is 6.34. The normalized spacial score (nSPS) is 17.7. The summed E-state index contributed by atoms with van der Waals surface area (Å²) in [5.41, 5.74) is 5.45. The number of ketones is 1. The van der Waals surface area contributed by atoms with Crippen molar-refractivity contribution in [2.75, 3.05) is 0 Å². The van der Waals surface area contributed by atoms with Gasteiger partial charge in [-0.05, 0) is 40.9 Å².